The molecule has 0 spiro atoms. The number of anilines is 1. The van der Waals surface area contributed by atoms with Crippen molar-refractivity contribution in [2.75, 3.05) is 4.90 Å². The van der Waals surface area contributed by atoms with E-state index < -0.39 is 5.97 Å². The van der Waals surface area contributed by atoms with Crippen LogP contribution in [0.5, 0.6) is 0 Å². The number of amides is 1. The third-order valence-corrected chi connectivity index (χ3v) is 5.91. The third kappa shape index (κ3) is 3.17. The molecule has 1 amide bonds. The van der Waals surface area contributed by atoms with Gasteiger partial charge in [0.2, 0.25) is 0 Å². The summed E-state index contributed by atoms with van der Waals surface area (Å²) >= 11 is 0. The lowest BCUT2D eigenvalue weighted by atomic mass is 9.95. The zero-order valence-electron chi connectivity index (χ0n) is 17.4. The van der Waals surface area contributed by atoms with Crippen LogP contribution in [0, 0.1) is 0 Å². The highest BCUT2D eigenvalue weighted by molar-refractivity contribution is 6.11. The number of benzene rings is 3. The fourth-order valence-corrected chi connectivity index (χ4v) is 4.25. The van der Waals surface area contributed by atoms with Crippen molar-refractivity contribution in [2.24, 2.45) is 0 Å². The number of hydrogen-bond donors (Lipinski definition) is 2. The molecule has 3 aromatic carbocycles. The van der Waals surface area contributed by atoms with Crippen LogP contribution in [0.25, 0.3) is 11.3 Å². The van der Waals surface area contributed by atoms with Crippen LogP contribution in [0.1, 0.15) is 50.5 Å². The molecule has 0 aliphatic carbocycles. The van der Waals surface area contributed by atoms with Crippen molar-refractivity contribution < 1.29 is 14.7 Å². The number of aromatic carboxylic acids is 1. The van der Waals surface area contributed by atoms with E-state index in [-0.39, 0.29) is 17.5 Å². The van der Waals surface area contributed by atoms with Gasteiger partial charge < -0.3 is 5.11 Å². The molecule has 5 rings (SSSR count). The van der Waals surface area contributed by atoms with Gasteiger partial charge in [-0.2, -0.15) is 5.10 Å². The Balaban J connectivity index is 1.68. The number of aromatic nitrogens is 2. The number of carboxylic acids is 1. The summed E-state index contributed by atoms with van der Waals surface area (Å²) in [7, 11) is 0. The molecule has 32 heavy (non-hydrogen) atoms. The Morgan fingerprint density at radius 3 is 2.31 bits per heavy atom. The van der Waals surface area contributed by atoms with Crippen LogP contribution in [0.15, 0.2) is 78.9 Å². The second kappa shape index (κ2) is 7.81. The van der Waals surface area contributed by atoms with Crippen LogP contribution < -0.4 is 4.90 Å². The van der Waals surface area contributed by atoms with E-state index in [1.54, 1.807) is 17.0 Å². The Morgan fingerprint density at radius 1 is 1.00 bits per heavy atom. The highest BCUT2D eigenvalue weighted by Gasteiger charge is 2.43. The molecule has 4 aromatic rings. The van der Waals surface area contributed by atoms with E-state index in [9.17, 15) is 14.7 Å². The zero-order valence-corrected chi connectivity index (χ0v) is 17.4. The monoisotopic (exact) mass is 423 g/mol. The summed E-state index contributed by atoms with van der Waals surface area (Å²) in [5.74, 6) is -1.20. The van der Waals surface area contributed by atoms with E-state index in [2.05, 4.69) is 29.3 Å². The first-order valence-electron chi connectivity index (χ1n) is 10.5. The number of nitrogens with zero attached hydrogens (tertiary/aromatic N) is 2. The van der Waals surface area contributed by atoms with E-state index in [1.807, 2.05) is 42.5 Å². The quantitative estimate of drug-likeness (QED) is 0.468. The van der Waals surface area contributed by atoms with Crippen molar-refractivity contribution >= 4 is 17.6 Å². The Hall–Kier alpha value is -4.19. The number of fused-ring (bicyclic) bond motifs is 1. The number of nitrogens with one attached hydrogen (secondary N) is 1. The summed E-state index contributed by atoms with van der Waals surface area (Å²) in [6.45, 7) is 2.10. The van der Waals surface area contributed by atoms with E-state index in [0.717, 1.165) is 28.8 Å². The van der Waals surface area contributed by atoms with Gasteiger partial charge in [-0.25, -0.2) is 4.79 Å². The molecule has 6 heteroatoms. The normalized spacial score (nSPS) is 15.1. The predicted molar refractivity (Wildman–Crippen MR) is 122 cm³/mol. The van der Waals surface area contributed by atoms with Gasteiger partial charge >= 0.3 is 5.97 Å². The Labute approximate surface area is 185 Å². The van der Waals surface area contributed by atoms with Gasteiger partial charge in [0, 0.05) is 16.8 Å². The number of H-pyrrole nitrogens is 1. The fraction of sp³-hybridized carbons (Fsp3) is 0.115. The van der Waals surface area contributed by atoms with Gasteiger partial charge in [-0.15, -0.1) is 0 Å². The zero-order chi connectivity index (χ0) is 22.2. The van der Waals surface area contributed by atoms with Gasteiger partial charge in [0.1, 0.15) is 5.69 Å². The molecule has 0 saturated carbocycles. The highest BCUT2D eigenvalue weighted by atomic mass is 16.4. The molecule has 0 bridgehead atoms. The topological polar surface area (TPSA) is 86.3 Å². The van der Waals surface area contributed by atoms with E-state index >= 15 is 0 Å². The number of rotatable bonds is 5. The van der Waals surface area contributed by atoms with Crippen LogP contribution in [0.4, 0.5) is 5.69 Å². The number of carboxylic acid groups (broad SMARTS) is 1. The van der Waals surface area contributed by atoms with Crippen molar-refractivity contribution in [3.8, 4) is 11.3 Å². The minimum Gasteiger partial charge on any atom is -0.478 e. The molecule has 1 aliphatic rings. The summed E-state index contributed by atoms with van der Waals surface area (Å²) in [5, 5.41) is 16.7. The minimum absolute atomic E-state index is 0.175. The summed E-state index contributed by atoms with van der Waals surface area (Å²) in [5.41, 5.74) is 5.94. The Morgan fingerprint density at radius 2 is 1.69 bits per heavy atom. The van der Waals surface area contributed by atoms with Crippen molar-refractivity contribution in [2.45, 2.75) is 19.4 Å². The Kier molecular flexibility index (Phi) is 4.82. The van der Waals surface area contributed by atoms with E-state index in [1.165, 1.54) is 17.7 Å². The minimum atomic E-state index is -1.00. The molecule has 0 fully saturated rings. The second-order valence-corrected chi connectivity index (χ2v) is 7.75. The van der Waals surface area contributed by atoms with Crippen molar-refractivity contribution in [3.63, 3.8) is 0 Å². The van der Waals surface area contributed by atoms with Gasteiger partial charge in [-0.3, -0.25) is 14.8 Å². The van der Waals surface area contributed by atoms with Gasteiger partial charge in [-0.05, 0) is 41.8 Å². The molecular formula is C26H21N3O3. The highest BCUT2D eigenvalue weighted by Crippen LogP contribution is 2.45. The first-order valence-corrected chi connectivity index (χ1v) is 10.5. The lowest BCUT2D eigenvalue weighted by Crippen LogP contribution is -2.29. The van der Waals surface area contributed by atoms with Crippen LogP contribution in [0.3, 0.4) is 0 Å². The van der Waals surface area contributed by atoms with Crippen molar-refractivity contribution in [1.29, 1.82) is 0 Å². The first kappa shape index (κ1) is 19.8. The summed E-state index contributed by atoms with van der Waals surface area (Å²) < 4.78 is 0. The maximum atomic E-state index is 13.5. The SMILES string of the molecule is CCc1ccc([C@H]2c3c(-c4ccccc4)n[nH]c3C(=O)N2c2ccc(C(=O)O)cc2)cc1. The maximum absolute atomic E-state index is 13.5. The molecular weight excluding hydrogens is 402 g/mol. The van der Waals surface area contributed by atoms with E-state index in [0.29, 0.717) is 11.4 Å². The Bertz CT molecular complexity index is 1290. The lowest BCUT2D eigenvalue weighted by molar-refractivity contribution is 0.0696. The number of carbonyl (C=O) groups excluding carboxylic acids is 1. The van der Waals surface area contributed by atoms with Crippen LogP contribution in [-0.4, -0.2) is 27.2 Å². The summed E-state index contributed by atoms with van der Waals surface area (Å²) in [4.78, 5) is 26.5. The number of carbonyl (C=O) groups is 2. The van der Waals surface area contributed by atoms with E-state index in [4.69, 9.17) is 0 Å². The smallest absolute Gasteiger partial charge is 0.335 e. The average Bonchev–Trinajstić information content (AvgIpc) is 3.39. The molecule has 1 atom stereocenters. The summed E-state index contributed by atoms with van der Waals surface area (Å²) in [6, 6.07) is 24.0. The number of aryl methyl sites for hydroxylation is 1. The number of aromatic amines is 1. The van der Waals surface area contributed by atoms with Crippen LogP contribution >= 0.6 is 0 Å². The largest absolute Gasteiger partial charge is 0.478 e. The second-order valence-electron chi connectivity index (χ2n) is 7.75. The molecule has 0 saturated heterocycles. The van der Waals surface area contributed by atoms with Crippen molar-refractivity contribution in [1.82, 2.24) is 10.2 Å². The lowest BCUT2D eigenvalue weighted by Gasteiger charge is -2.26. The van der Waals surface area contributed by atoms with Crippen LogP contribution in [0.2, 0.25) is 0 Å². The molecule has 1 aromatic heterocycles. The standard InChI is InChI=1S/C26H21N3O3/c1-2-16-8-10-18(11-9-16)24-21-22(17-6-4-3-5-7-17)27-28-23(21)25(30)29(24)20-14-12-19(13-15-20)26(31)32/h3-15,24H,2H2,1H3,(H,27,28)(H,31,32)/t24-/m0/s1. The van der Waals surface area contributed by atoms with Gasteiger partial charge in [0.25, 0.3) is 5.91 Å². The molecule has 6 nitrogen and oxygen atoms in total. The van der Waals surface area contributed by atoms with Gasteiger partial charge in [-0.1, -0.05) is 61.5 Å². The van der Waals surface area contributed by atoms with Gasteiger partial charge in [0.15, 0.2) is 0 Å². The fourth-order valence-electron chi connectivity index (χ4n) is 4.25. The van der Waals surface area contributed by atoms with Crippen molar-refractivity contribution in [3.05, 3.63) is 107 Å². The molecule has 2 N–H and O–H groups in total. The summed E-state index contributed by atoms with van der Waals surface area (Å²) in [6.07, 6.45) is 0.927. The maximum Gasteiger partial charge on any atom is 0.335 e. The molecule has 0 unspecified atom stereocenters. The molecule has 2 heterocycles. The number of hydrogen-bond acceptors (Lipinski definition) is 3. The van der Waals surface area contributed by atoms with Crippen LogP contribution in [-0.2, 0) is 6.42 Å². The molecule has 1 aliphatic heterocycles. The third-order valence-electron chi connectivity index (χ3n) is 5.91. The van der Waals surface area contributed by atoms with Gasteiger partial charge in [0.05, 0.1) is 17.3 Å². The molecule has 0 radical (unpaired) electrons. The first-order chi connectivity index (χ1) is 15.6. The molecule has 158 valence electrons. The average molecular weight is 423 g/mol. The predicted octanol–water partition coefficient (Wildman–Crippen LogP) is 5.09.